The molecule has 0 bridgehead atoms. The van der Waals surface area contributed by atoms with Crippen molar-refractivity contribution in [3.63, 3.8) is 0 Å². The van der Waals surface area contributed by atoms with Crippen molar-refractivity contribution in [2.75, 3.05) is 13.2 Å². The van der Waals surface area contributed by atoms with Crippen molar-refractivity contribution in [1.29, 1.82) is 0 Å². The Labute approximate surface area is 222 Å². The van der Waals surface area contributed by atoms with Gasteiger partial charge in [-0.3, -0.25) is 4.55 Å². The third-order valence-corrected chi connectivity index (χ3v) is 5.28. The van der Waals surface area contributed by atoms with Crippen LogP contribution in [0.5, 0.6) is 0 Å². The molecule has 32 heavy (non-hydrogen) atoms. The molecule has 0 aromatic heterocycles. The molecule has 192 valence electrons. The van der Waals surface area contributed by atoms with E-state index in [9.17, 15) is 0 Å². The summed E-state index contributed by atoms with van der Waals surface area (Å²) in [5.74, 6) is 0. The van der Waals surface area contributed by atoms with Crippen LogP contribution in [0.15, 0.2) is 0 Å². The first-order valence-corrected chi connectivity index (χ1v) is 14.0. The van der Waals surface area contributed by atoms with Crippen LogP contribution in [0.3, 0.4) is 0 Å². The molecule has 0 heterocycles. The molecule has 6 nitrogen and oxygen atoms in total. The first kappa shape index (κ1) is 40.0. The summed E-state index contributed by atoms with van der Waals surface area (Å²) in [6.45, 7) is 6.57. The zero-order valence-electron chi connectivity index (χ0n) is 21.8. The van der Waals surface area contributed by atoms with Gasteiger partial charge in [0.15, 0.2) is 0 Å². The third kappa shape index (κ3) is 52.6. The fourth-order valence-corrected chi connectivity index (χ4v) is 3.49. The fraction of sp³-hybridized carbons (Fsp3) is 1.00. The van der Waals surface area contributed by atoms with Gasteiger partial charge in [0, 0.05) is 13.2 Å². The number of unbranched alkanes of at least 4 members (excludes halogenated alkanes) is 18. The van der Waals surface area contributed by atoms with Crippen molar-refractivity contribution in [2.24, 2.45) is 0 Å². The molecule has 0 aromatic rings. The van der Waals surface area contributed by atoms with E-state index in [1.54, 1.807) is 0 Å². The molecule has 0 aliphatic carbocycles. The van der Waals surface area contributed by atoms with Crippen LogP contribution in [0.2, 0.25) is 0 Å². The molecule has 0 fully saturated rings. The van der Waals surface area contributed by atoms with Gasteiger partial charge in [0.25, 0.3) is 0 Å². The summed E-state index contributed by atoms with van der Waals surface area (Å²) in [5, 5.41) is 0. The van der Waals surface area contributed by atoms with E-state index < -0.39 is 10.4 Å². The van der Waals surface area contributed by atoms with Gasteiger partial charge in [-0.25, -0.2) is 8.42 Å². The summed E-state index contributed by atoms with van der Waals surface area (Å²) in [5.41, 5.74) is 0. The molecule has 0 unspecified atom stereocenters. The van der Waals surface area contributed by atoms with Crippen LogP contribution in [0, 0.1) is 0 Å². The van der Waals surface area contributed by atoms with E-state index in [1.165, 1.54) is 128 Å². The van der Waals surface area contributed by atoms with Gasteiger partial charge in [-0.1, -0.05) is 129 Å². The Morgan fingerprint density at radius 1 is 0.562 bits per heavy atom. The van der Waals surface area contributed by atoms with E-state index in [-0.39, 0.29) is 35.7 Å². The van der Waals surface area contributed by atoms with Gasteiger partial charge in [0.1, 0.15) is 0 Å². The molecule has 8 heteroatoms. The third-order valence-electron chi connectivity index (χ3n) is 5.28. The molecule has 4 N–H and O–H groups in total. The van der Waals surface area contributed by atoms with Gasteiger partial charge in [-0.2, -0.15) is 0 Å². The molecular weight excluding hydrogens is 437 g/mol. The average Bonchev–Trinajstić information content (AvgIpc) is 2.68. The Kier molecular flexibility index (Phi) is 42.4. The molecule has 0 spiro atoms. The molecule has 0 radical (unpaired) electrons. The predicted molar refractivity (Wildman–Crippen MR) is 132 cm³/mol. The summed E-state index contributed by atoms with van der Waals surface area (Å²) < 4.78 is 38.6. The Hall–Kier alpha value is 0.790. The van der Waals surface area contributed by atoms with E-state index >= 15 is 0 Å². The van der Waals surface area contributed by atoms with Gasteiger partial charge in [-0.05, 0) is 12.8 Å². The number of hydrogen-bond acceptors (Lipinski definition) is 5. The number of ether oxygens (including phenoxy) is 1. The molecule has 0 amide bonds. The van der Waals surface area contributed by atoms with Crippen LogP contribution >= 0.6 is 0 Å². The van der Waals surface area contributed by atoms with Gasteiger partial charge < -0.3 is 15.4 Å². The van der Waals surface area contributed by atoms with E-state index in [0.717, 1.165) is 13.2 Å². The minimum atomic E-state index is -4.92. The SMILES string of the molecule is CCCCCCCCCCCCOCCCCCCCCCCCC.N.O=S(=O)([O-])O.[Na+]. The van der Waals surface area contributed by atoms with Gasteiger partial charge in [-0.15, -0.1) is 0 Å². The molecule has 0 atom stereocenters. The number of rotatable bonds is 22. The van der Waals surface area contributed by atoms with Crippen LogP contribution in [0.4, 0.5) is 0 Å². The van der Waals surface area contributed by atoms with Gasteiger partial charge >= 0.3 is 29.6 Å². The second kappa shape index (κ2) is 34.0. The number of hydrogen-bond donors (Lipinski definition) is 2. The minimum absolute atomic E-state index is 0. The summed E-state index contributed by atoms with van der Waals surface area (Å²) in [4.78, 5) is 0. The molecule has 0 saturated heterocycles. The fourth-order valence-electron chi connectivity index (χ4n) is 3.49. The van der Waals surface area contributed by atoms with Crippen molar-refractivity contribution >= 4 is 10.4 Å². The Morgan fingerprint density at radius 3 is 0.969 bits per heavy atom. The van der Waals surface area contributed by atoms with E-state index in [4.69, 9.17) is 22.3 Å². The van der Waals surface area contributed by atoms with Crippen LogP contribution in [-0.4, -0.2) is 30.7 Å². The van der Waals surface area contributed by atoms with Crippen LogP contribution in [0.25, 0.3) is 0 Å². The first-order chi connectivity index (χ1) is 14.4. The molecule has 0 aliphatic rings. The van der Waals surface area contributed by atoms with Crippen molar-refractivity contribution in [3.8, 4) is 0 Å². The molecular formula is C24H54NNaO5S. The average molecular weight is 492 g/mol. The maximum atomic E-state index is 8.63. The molecule has 0 aromatic carbocycles. The molecule has 0 saturated carbocycles. The molecule has 0 aliphatic heterocycles. The zero-order valence-corrected chi connectivity index (χ0v) is 24.6. The smallest absolute Gasteiger partial charge is 0.726 e. The van der Waals surface area contributed by atoms with Gasteiger partial charge in [0.05, 0.1) is 0 Å². The predicted octanol–water partition coefficient (Wildman–Crippen LogP) is 5.02. The van der Waals surface area contributed by atoms with Crippen molar-refractivity contribution in [1.82, 2.24) is 6.15 Å². The second-order valence-corrected chi connectivity index (χ2v) is 9.26. The van der Waals surface area contributed by atoms with Crippen molar-refractivity contribution in [3.05, 3.63) is 0 Å². The summed E-state index contributed by atoms with van der Waals surface area (Å²) in [7, 11) is -4.92. The minimum Gasteiger partial charge on any atom is -0.726 e. The largest absolute Gasteiger partial charge is 1.00 e. The summed E-state index contributed by atoms with van der Waals surface area (Å²) in [6.07, 6.45) is 28.2. The second-order valence-electron chi connectivity index (χ2n) is 8.40. The van der Waals surface area contributed by atoms with Crippen molar-refractivity contribution in [2.45, 2.75) is 142 Å². The Morgan fingerprint density at radius 2 is 0.750 bits per heavy atom. The topological polar surface area (TPSA) is 122 Å². The Bertz CT molecular complexity index is 381. The molecule has 0 rings (SSSR count). The van der Waals surface area contributed by atoms with Gasteiger partial charge in [0.2, 0.25) is 10.4 Å². The van der Waals surface area contributed by atoms with E-state index in [2.05, 4.69) is 13.8 Å². The first-order valence-electron chi connectivity index (χ1n) is 12.7. The maximum absolute atomic E-state index is 8.63. The van der Waals surface area contributed by atoms with E-state index in [1.807, 2.05) is 0 Å². The van der Waals surface area contributed by atoms with E-state index in [0.29, 0.717) is 0 Å². The van der Waals surface area contributed by atoms with Crippen LogP contribution < -0.4 is 35.7 Å². The zero-order chi connectivity index (χ0) is 22.8. The summed E-state index contributed by atoms with van der Waals surface area (Å²) >= 11 is 0. The summed E-state index contributed by atoms with van der Waals surface area (Å²) in [6, 6.07) is 0. The maximum Gasteiger partial charge on any atom is 1.00 e. The standard InChI is InChI=1S/C24H50O.H3N.Na.H2O4S/c1-3-5-7-9-11-13-15-17-19-21-23-25-24-22-20-18-16-14-12-10-8-6-4-2;;;1-5(2,3)4/h3-24H2,1-2H3;1H3;;(H2,1,2,3,4)/q;;+1;/p-1. The normalized spacial score (nSPS) is 10.6. The van der Waals surface area contributed by atoms with Crippen molar-refractivity contribution < 1.29 is 51.8 Å². The Balaban J connectivity index is -0.000000501. The van der Waals surface area contributed by atoms with Crippen LogP contribution in [0.1, 0.15) is 142 Å². The quantitative estimate of drug-likeness (QED) is 0.0949. The van der Waals surface area contributed by atoms with Crippen LogP contribution in [-0.2, 0) is 15.1 Å². The monoisotopic (exact) mass is 491 g/mol.